The predicted molar refractivity (Wildman–Crippen MR) is 128 cm³/mol. The zero-order chi connectivity index (χ0) is 22.5. The van der Waals surface area contributed by atoms with Crippen LogP contribution in [0.3, 0.4) is 0 Å². The van der Waals surface area contributed by atoms with Crippen molar-refractivity contribution in [3.8, 4) is 5.75 Å². The summed E-state index contributed by atoms with van der Waals surface area (Å²) < 4.78 is 8.54. The molecule has 4 aromatic rings. The van der Waals surface area contributed by atoms with Crippen LogP contribution in [0.2, 0.25) is 5.02 Å². The molecule has 0 unspecified atom stereocenters. The van der Waals surface area contributed by atoms with Crippen molar-refractivity contribution in [2.24, 2.45) is 0 Å². The lowest BCUT2D eigenvalue weighted by molar-refractivity contribution is 0.223. The molecule has 2 atom stereocenters. The molecule has 0 bridgehead atoms. The Hall–Kier alpha value is -3.64. The van der Waals surface area contributed by atoms with Crippen LogP contribution in [0.5, 0.6) is 5.75 Å². The molecule has 2 aromatic heterocycles. The van der Waals surface area contributed by atoms with E-state index in [0.717, 1.165) is 33.7 Å². The molecule has 0 fully saturated rings. The van der Waals surface area contributed by atoms with Gasteiger partial charge in [-0.1, -0.05) is 55.8 Å². The molecule has 0 spiro atoms. The van der Waals surface area contributed by atoms with Gasteiger partial charge in [-0.3, -0.25) is 4.98 Å². The number of hydrogen-bond donors (Lipinski definition) is 1. The Labute approximate surface area is 196 Å². The zero-order valence-corrected chi connectivity index (χ0v) is 19.0. The van der Waals surface area contributed by atoms with E-state index in [2.05, 4.69) is 64.6 Å². The Bertz CT molecular complexity index is 1360. The first kappa shape index (κ1) is 20.0. The van der Waals surface area contributed by atoms with Crippen molar-refractivity contribution in [3.05, 3.63) is 106 Å². The Morgan fingerprint density at radius 2 is 1.91 bits per heavy atom. The van der Waals surface area contributed by atoms with Crippen molar-refractivity contribution in [1.29, 1.82) is 0 Å². The molecule has 6 rings (SSSR count). The standard InChI is InChI=1S/C26H22ClN5O/c1-15(2)16-5-7-17(8-6-16)25-22-23(20-12-19(27)9-10-21(20)33-25)31-26-29-14-30-32(26)24(22)18-4-3-11-28-13-18/h3-15,24-25H,1-2H3,(H,29,30,31)/t24-,25-/m1/s1. The van der Waals surface area contributed by atoms with Crippen molar-refractivity contribution < 1.29 is 4.74 Å². The monoisotopic (exact) mass is 455 g/mol. The van der Waals surface area contributed by atoms with Crippen LogP contribution in [0.4, 0.5) is 5.95 Å². The molecule has 164 valence electrons. The number of hydrogen-bond acceptors (Lipinski definition) is 5. The topological polar surface area (TPSA) is 64.9 Å². The summed E-state index contributed by atoms with van der Waals surface area (Å²) in [6, 6.07) is 18.2. The molecule has 0 saturated carbocycles. The quantitative estimate of drug-likeness (QED) is 0.410. The summed E-state index contributed by atoms with van der Waals surface area (Å²) in [4.78, 5) is 8.84. The average molecular weight is 456 g/mol. The molecule has 0 saturated heterocycles. The number of fused-ring (bicyclic) bond motifs is 3. The molecule has 0 amide bonds. The molecule has 0 radical (unpaired) electrons. The second kappa shape index (κ2) is 7.74. The molecular weight excluding hydrogens is 434 g/mol. The highest BCUT2D eigenvalue weighted by atomic mass is 35.5. The average Bonchev–Trinajstić information content (AvgIpc) is 3.31. The molecule has 2 aliphatic heterocycles. The minimum absolute atomic E-state index is 0.227. The number of aromatic nitrogens is 4. The van der Waals surface area contributed by atoms with Crippen molar-refractivity contribution in [1.82, 2.24) is 19.7 Å². The zero-order valence-electron chi connectivity index (χ0n) is 18.2. The third-order valence-electron chi connectivity index (χ3n) is 6.28. The largest absolute Gasteiger partial charge is 0.480 e. The van der Waals surface area contributed by atoms with Crippen molar-refractivity contribution >= 4 is 23.2 Å². The van der Waals surface area contributed by atoms with Gasteiger partial charge in [0.25, 0.3) is 0 Å². The highest BCUT2D eigenvalue weighted by Crippen LogP contribution is 2.50. The minimum atomic E-state index is -0.315. The highest BCUT2D eigenvalue weighted by Gasteiger charge is 2.41. The molecule has 6 nitrogen and oxygen atoms in total. The van der Waals surface area contributed by atoms with Crippen LogP contribution in [0, 0.1) is 0 Å². The number of pyridine rings is 1. The number of benzene rings is 2. The van der Waals surface area contributed by atoms with E-state index in [9.17, 15) is 0 Å². The molecule has 7 heteroatoms. The molecular formula is C26H22ClN5O. The van der Waals surface area contributed by atoms with Gasteiger partial charge in [0.05, 0.1) is 5.70 Å². The van der Waals surface area contributed by atoms with Gasteiger partial charge in [0.15, 0.2) is 0 Å². The maximum absolute atomic E-state index is 6.65. The van der Waals surface area contributed by atoms with Gasteiger partial charge in [0.2, 0.25) is 5.95 Å². The molecule has 2 aliphatic rings. The summed E-state index contributed by atoms with van der Waals surface area (Å²) >= 11 is 6.39. The predicted octanol–water partition coefficient (Wildman–Crippen LogP) is 6.01. The maximum Gasteiger partial charge on any atom is 0.226 e. The van der Waals surface area contributed by atoms with E-state index in [0.29, 0.717) is 16.9 Å². The van der Waals surface area contributed by atoms with Gasteiger partial charge >= 0.3 is 0 Å². The molecule has 2 aromatic carbocycles. The Morgan fingerprint density at radius 1 is 1.06 bits per heavy atom. The van der Waals surface area contributed by atoms with Gasteiger partial charge in [-0.2, -0.15) is 10.1 Å². The first-order valence-electron chi connectivity index (χ1n) is 11.0. The maximum atomic E-state index is 6.65. The summed E-state index contributed by atoms with van der Waals surface area (Å²) in [5.74, 6) is 1.91. The molecule has 0 aliphatic carbocycles. The van der Waals surface area contributed by atoms with E-state index in [-0.39, 0.29) is 12.1 Å². The van der Waals surface area contributed by atoms with E-state index < -0.39 is 0 Å². The highest BCUT2D eigenvalue weighted by molar-refractivity contribution is 6.30. The van der Waals surface area contributed by atoms with Crippen molar-refractivity contribution in [2.45, 2.75) is 31.9 Å². The summed E-state index contributed by atoms with van der Waals surface area (Å²) in [7, 11) is 0. The number of nitrogens with one attached hydrogen (secondary N) is 1. The number of nitrogens with zero attached hydrogens (tertiary/aromatic N) is 4. The summed E-state index contributed by atoms with van der Waals surface area (Å²) in [6.45, 7) is 4.39. The first-order valence-corrected chi connectivity index (χ1v) is 11.3. The van der Waals surface area contributed by atoms with Crippen LogP contribution in [0.1, 0.15) is 54.2 Å². The number of halogens is 1. The lowest BCUT2D eigenvalue weighted by Crippen LogP contribution is -2.32. The van der Waals surface area contributed by atoms with Gasteiger partial charge < -0.3 is 10.1 Å². The van der Waals surface area contributed by atoms with Crippen LogP contribution < -0.4 is 10.1 Å². The Morgan fingerprint density at radius 3 is 2.67 bits per heavy atom. The van der Waals surface area contributed by atoms with Gasteiger partial charge in [-0.15, -0.1) is 0 Å². The van der Waals surface area contributed by atoms with Crippen LogP contribution in [-0.4, -0.2) is 19.7 Å². The van der Waals surface area contributed by atoms with Crippen LogP contribution in [-0.2, 0) is 0 Å². The third kappa shape index (κ3) is 3.29. The van der Waals surface area contributed by atoms with Gasteiger partial charge in [0, 0.05) is 28.6 Å². The second-order valence-electron chi connectivity index (χ2n) is 8.63. The molecule has 1 N–H and O–H groups in total. The fourth-order valence-corrected chi connectivity index (χ4v) is 4.80. The molecule has 4 heterocycles. The van der Waals surface area contributed by atoms with Crippen LogP contribution >= 0.6 is 11.6 Å². The Kier molecular flexibility index (Phi) is 4.69. The summed E-state index contributed by atoms with van der Waals surface area (Å²) in [5.41, 5.74) is 6.29. The fourth-order valence-electron chi connectivity index (χ4n) is 4.63. The summed E-state index contributed by atoms with van der Waals surface area (Å²) in [6.07, 6.45) is 4.90. The lowest BCUT2D eigenvalue weighted by atomic mass is 9.84. The number of anilines is 1. The van der Waals surface area contributed by atoms with E-state index >= 15 is 0 Å². The van der Waals surface area contributed by atoms with Gasteiger partial charge in [-0.25, -0.2) is 4.68 Å². The van der Waals surface area contributed by atoms with E-state index in [1.54, 1.807) is 12.5 Å². The number of ether oxygens (including phenoxy) is 1. The van der Waals surface area contributed by atoms with Gasteiger partial charge in [0.1, 0.15) is 24.2 Å². The lowest BCUT2D eigenvalue weighted by Gasteiger charge is -2.39. The van der Waals surface area contributed by atoms with Crippen molar-refractivity contribution in [2.75, 3.05) is 5.32 Å². The minimum Gasteiger partial charge on any atom is -0.480 e. The van der Waals surface area contributed by atoms with E-state index in [1.807, 2.05) is 35.1 Å². The van der Waals surface area contributed by atoms with Crippen molar-refractivity contribution in [3.63, 3.8) is 0 Å². The van der Waals surface area contributed by atoms with E-state index in [1.165, 1.54) is 5.56 Å². The Balaban J connectivity index is 1.59. The van der Waals surface area contributed by atoms with Gasteiger partial charge in [-0.05, 0) is 46.9 Å². The van der Waals surface area contributed by atoms with E-state index in [4.69, 9.17) is 16.3 Å². The SMILES string of the molecule is CC(C)c1ccc([C@H]2Oc3ccc(Cl)cc3C3=C2[C@@H](c2cccnc2)n2ncnc2N3)cc1. The third-order valence-corrected chi connectivity index (χ3v) is 6.52. The summed E-state index contributed by atoms with van der Waals surface area (Å²) in [5, 5.41) is 8.69. The second-order valence-corrected chi connectivity index (χ2v) is 9.07. The smallest absolute Gasteiger partial charge is 0.226 e. The normalized spacial score (nSPS) is 18.8. The van der Waals surface area contributed by atoms with Crippen LogP contribution in [0.15, 0.2) is 78.9 Å². The van der Waals surface area contributed by atoms with Crippen LogP contribution in [0.25, 0.3) is 5.70 Å². The number of rotatable bonds is 3. The first-order chi connectivity index (χ1) is 16.1. The fraction of sp³-hybridized carbons (Fsp3) is 0.192. The molecule has 33 heavy (non-hydrogen) atoms.